The third-order valence-corrected chi connectivity index (χ3v) is 5.42. The first-order valence-electron chi connectivity index (χ1n) is 10.2. The second kappa shape index (κ2) is 11.0. The summed E-state index contributed by atoms with van der Waals surface area (Å²) in [6.45, 7) is 10.3. The lowest BCUT2D eigenvalue weighted by Gasteiger charge is -2.29. The SMILES string of the molecule is Cc1cc(OCC(=O)N(Cc2ccccc2)C(C)C(=O)NCC(C)C)cc(C)c1Cl. The standard InChI is InChI=1S/C24H31ClN2O3/c1-16(2)13-26-24(29)19(5)27(14-20-9-7-6-8-10-20)22(28)15-30-21-11-17(3)23(25)18(4)12-21/h6-12,16,19H,13-15H2,1-5H3,(H,26,29). The number of hydrogen-bond donors (Lipinski definition) is 1. The highest BCUT2D eigenvalue weighted by atomic mass is 35.5. The zero-order valence-electron chi connectivity index (χ0n) is 18.4. The first kappa shape index (κ1) is 23.7. The highest BCUT2D eigenvalue weighted by Crippen LogP contribution is 2.26. The second-order valence-electron chi connectivity index (χ2n) is 7.98. The predicted molar refractivity (Wildman–Crippen MR) is 121 cm³/mol. The van der Waals surface area contributed by atoms with E-state index in [1.807, 2.05) is 70.2 Å². The van der Waals surface area contributed by atoms with Crippen molar-refractivity contribution in [2.75, 3.05) is 13.2 Å². The van der Waals surface area contributed by atoms with Crippen LogP contribution in [0.5, 0.6) is 5.75 Å². The third kappa shape index (κ3) is 6.77. The molecular weight excluding hydrogens is 400 g/mol. The molecular formula is C24H31ClN2O3. The van der Waals surface area contributed by atoms with E-state index in [1.165, 1.54) is 0 Å². The van der Waals surface area contributed by atoms with Crippen LogP contribution in [-0.2, 0) is 16.1 Å². The van der Waals surface area contributed by atoms with E-state index in [0.717, 1.165) is 16.7 Å². The fourth-order valence-electron chi connectivity index (χ4n) is 3.03. The first-order chi connectivity index (χ1) is 14.2. The van der Waals surface area contributed by atoms with Crippen molar-refractivity contribution in [3.8, 4) is 5.75 Å². The molecule has 1 unspecified atom stereocenters. The minimum atomic E-state index is -0.617. The Kier molecular flexibility index (Phi) is 8.72. The van der Waals surface area contributed by atoms with Gasteiger partial charge in [-0.1, -0.05) is 55.8 Å². The Morgan fingerprint density at radius 1 is 1.07 bits per heavy atom. The van der Waals surface area contributed by atoms with Gasteiger partial charge in [-0.2, -0.15) is 0 Å². The van der Waals surface area contributed by atoms with Crippen LogP contribution in [0.2, 0.25) is 5.02 Å². The van der Waals surface area contributed by atoms with Crippen LogP contribution in [0, 0.1) is 19.8 Å². The average molecular weight is 431 g/mol. The van der Waals surface area contributed by atoms with E-state index in [-0.39, 0.29) is 18.4 Å². The number of rotatable bonds is 9. The Morgan fingerprint density at radius 2 is 1.67 bits per heavy atom. The Hall–Kier alpha value is -2.53. The smallest absolute Gasteiger partial charge is 0.261 e. The molecule has 6 heteroatoms. The molecule has 0 spiro atoms. The summed E-state index contributed by atoms with van der Waals surface area (Å²) in [7, 11) is 0. The summed E-state index contributed by atoms with van der Waals surface area (Å²) in [5, 5.41) is 3.60. The molecule has 1 N–H and O–H groups in total. The fourth-order valence-corrected chi connectivity index (χ4v) is 3.14. The number of nitrogens with zero attached hydrogens (tertiary/aromatic N) is 1. The minimum absolute atomic E-state index is 0.158. The van der Waals surface area contributed by atoms with Crippen LogP contribution in [0.4, 0.5) is 0 Å². The number of carbonyl (C=O) groups is 2. The van der Waals surface area contributed by atoms with Gasteiger partial charge in [-0.15, -0.1) is 0 Å². The van der Waals surface area contributed by atoms with Gasteiger partial charge in [0.15, 0.2) is 6.61 Å². The van der Waals surface area contributed by atoms with E-state index in [1.54, 1.807) is 11.8 Å². The number of carbonyl (C=O) groups excluding carboxylic acids is 2. The molecule has 162 valence electrons. The largest absolute Gasteiger partial charge is 0.484 e. The van der Waals surface area contributed by atoms with E-state index in [4.69, 9.17) is 16.3 Å². The van der Waals surface area contributed by atoms with Crippen LogP contribution in [0.3, 0.4) is 0 Å². The van der Waals surface area contributed by atoms with E-state index >= 15 is 0 Å². The Morgan fingerprint density at radius 3 is 2.23 bits per heavy atom. The van der Waals surface area contributed by atoms with Crippen molar-refractivity contribution in [2.45, 2.75) is 47.2 Å². The quantitative estimate of drug-likeness (QED) is 0.636. The van der Waals surface area contributed by atoms with Crippen LogP contribution < -0.4 is 10.1 Å². The summed E-state index contributed by atoms with van der Waals surface area (Å²) in [4.78, 5) is 27.2. The van der Waals surface area contributed by atoms with E-state index in [2.05, 4.69) is 5.32 Å². The molecule has 0 aliphatic heterocycles. The van der Waals surface area contributed by atoms with Gasteiger partial charge < -0.3 is 15.0 Å². The van der Waals surface area contributed by atoms with Crippen molar-refractivity contribution >= 4 is 23.4 Å². The zero-order chi connectivity index (χ0) is 22.3. The lowest BCUT2D eigenvalue weighted by molar-refractivity contribution is -0.142. The molecule has 0 aromatic heterocycles. The van der Waals surface area contributed by atoms with E-state index < -0.39 is 6.04 Å². The molecule has 0 heterocycles. The first-order valence-corrected chi connectivity index (χ1v) is 10.6. The van der Waals surface area contributed by atoms with Crippen molar-refractivity contribution in [1.82, 2.24) is 10.2 Å². The average Bonchev–Trinajstić information content (AvgIpc) is 2.72. The molecule has 0 bridgehead atoms. The summed E-state index contributed by atoms with van der Waals surface area (Å²) >= 11 is 6.21. The van der Waals surface area contributed by atoms with Gasteiger partial charge in [-0.3, -0.25) is 9.59 Å². The summed E-state index contributed by atoms with van der Waals surface area (Å²) < 4.78 is 5.75. The highest BCUT2D eigenvalue weighted by molar-refractivity contribution is 6.32. The Balaban J connectivity index is 2.14. The van der Waals surface area contributed by atoms with Gasteiger partial charge in [0, 0.05) is 18.1 Å². The van der Waals surface area contributed by atoms with Gasteiger partial charge in [0.1, 0.15) is 11.8 Å². The number of benzene rings is 2. The van der Waals surface area contributed by atoms with Gasteiger partial charge in [-0.25, -0.2) is 0 Å². The Bertz CT molecular complexity index is 845. The van der Waals surface area contributed by atoms with E-state index in [9.17, 15) is 9.59 Å². The Labute approximate surface area is 184 Å². The molecule has 2 rings (SSSR count). The normalized spacial score (nSPS) is 11.8. The maximum Gasteiger partial charge on any atom is 0.261 e. The number of hydrogen-bond acceptors (Lipinski definition) is 3. The molecule has 0 radical (unpaired) electrons. The highest BCUT2D eigenvalue weighted by Gasteiger charge is 2.26. The van der Waals surface area contributed by atoms with Crippen LogP contribution >= 0.6 is 11.6 Å². The van der Waals surface area contributed by atoms with Crippen molar-refractivity contribution in [3.63, 3.8) is 0 Å². The molecule has 5 nitrogen and oxygen atoms in total. The number of amides is 2. The molecule has 2 amide bonds. The van der Waals surface area contributed by atoms with Crippen LogP contribution in [0.1, 0.15) is 37.5 Å². The monoisotopic (exact) mass is 430 g/mol. The number of ether oxygens (including phenoxy) is 1. The maximum atomic E-state index is 13.0. The van der Waals surface area contributed by atoms with Gasteiger partial charge >= 0.3 is 0 Å². The van der Waals surface area contributed by atoms with Gasteiger partial charge in [0.25, 0.3) is 5.91 Å². The van der Waals surface area contributed by atoms with Crippen molar-refractivity contribution in [1.29, 1.82) is 0 Å². The predicted octanol–water partition coefficient (Wildman–Crippen LogP) is 4.53. The van der Waals surface area contributed by atoms with Gasteiger partial charge in [0.05, 0.1) is 0 Å². The number of halogens is 1. The lowest BCUT2D eigenvalue weighted by Crippen LogP contribution is -2.49. The molecule has 0 fully saturated rings. The molecule has 0 saturated carbocycles. The molecule has 0 saturated heterocycles. The molecule has 2 aromatic rings. The molecule has 30 heavy (non-hydrogen) atoms. The topological polar surface area (TPSA) is 58.6 Å². The third-order valence-electron chi connectivity index (χ3n) is 4.82. The van der Waals surface area contributed by atoms with Crippen LogP contribution in [0.15, 0.2) is 42.5 Å². The summed E-state index contributed by atoms with van der Waals surface area (Å²) in [5.74, 6) is 0.487. The minimum Gasteiger partial charge on any atom is -0.484 e. The molecule has 2 aromatic carbocycles. The van der Waals surface area contributed by atoms with Crippen LogP contribution in [0.25, 0.3) is 0 Å². The molecule has 1 atom stereocenters. The van der Waals surface area contributed by atoms with Crippen molar-refractivity contribution in [2.24, 2.45) is 5.92 Å². The van der Waals surface area contributed by atoms with Gasteiger partial charge in [-0.05, 0) is 55.5 Å². The number of nitrogens with one attached hydrogen (secondary N) is 1. The second-order valence-corrected chi connectivity index (χ2v) is 8.36. The number of aryl methyl sites for hydroxylation is 2. The molecule has 0 aliphatic rings. The van der Waals surface area contributed by atoms with Crippen molar-refractivity contribution < 1.29 is 14.3 Å². The molecule has 0 aliphatic carbocycles. The maximum absolute atomic E-state index is 13.0. The van der Waals surface area contributed by atoms with E-state index in [0.29, 0.717) is 29.8 Å². The van der Waals surface area contributed by atoms with Crippen molar-refractivity contribution in [3.05, 3.63) is 64.2 Å². The fraction of sp³-hybridized carbons (Fsp3) is 0.417. The summed E-state index contributed by atoms with van der Waals surface area (Å²) in [5.41, 5.74) is 2.73. The zero-order valence-corrected chi connectivity index (χ0v) is 19.1. The lowest BCUT2D eigenvalue weighted by atomic mass is 10.1. The summed E-state index contributed by atoms with van der Waals surface area (Å²) in [6, 6.07) is 12.6. The summed E-state index contributed by atoms with van der Waals surface area (Å²) in [6.07, 6.45) is 0. The van der Waals surface area contributed by atoms with Crippen LogP contribution in [-0.4, -0.2) is 35.9 Å². The van der Waals surface area contributed by atoms with Gasteiger partial charge in [0.2, 0.25) is 5.91 Å².